The number of nitrogens with one attached hydrogen (secondary N) is 1. The second kappa shape index (κ2) is 7.23. The van der Waals surface area contributed by atoms with E-state index in [1.165, 1.54) is 4.90 Å². The maximum absolute atomic E-state index is 13.4. The van der Waals surface area contributed by atoms with Crippen molar-refractivity contribution in [2.75, 3.05) is 26.2 Å². The van der Waals surface area contributed by atoms with Crippen molar-refractivity contribution < 1.29 is 14.7 Å². The van der Waals surface area contributed by atoms with Crippen LogP contribution in [0.15, 0.2) is 24.4 Å². The topological polar surface area (TPSA) is 82.5 Å². The third kappa shape index (κ3) is 4.72. The lowest BCUT2D eigenvalue weighted by Gasteiger charge is -2.42. The molecule has 0 saturated carbocycles. The maximum atomic E-state index is 13.4. The minimum absolute atomic E-state index is 0.0260. The molecule has 0 aliphatic carbocycles. The average Bonchev–Trinajstić information content (AvgIpc) is 2.52. The van der Waals surface area contributed by atoms with E-state index in [9.17, 15) is 14.7 Å². The molecule has 0 radical (unpaired) electrons. The SMILES string of the molecule is CC(C)(C)CC(C)(C)NC(=O)[N+]1(c2ccccn2)CCN(C(=O)O)CC1. The Morgan fingerprint density at radius 2 is 1.81 bits per heavy atom. The van der Waals surface area contributed by atoms with Crippen molar-refractivity contribution in [2.45, 2.75) is 46.6 Å². The highest BCUT2D eigenvalue weighted by atomic mass is 16.4. The molecule has 1 fully saturated rings. The van der Waals surface area contributed by atoms with Crippen molar-refractivity contribution in [3.63, 3.8) is 0 Å². The summed E-state index contributed by atoms with van der Waals surface area (Å²) < 4.78 is 0.0260. The van der Waals surface area contributed by atoms with E-state index < -0.39 is 6.09 Å². The number of carbonyl (C=O) groups excluding carboxylic acids is 1. The largest absolute Gasteiger partial charge is 0.465 e. The summed E-state index contributed by atoms with van der Waals surface area (Å²) in [7, 11) is 0. The molecule has 0 atom stereocenters. The van der Waals surface area contributed by atoms with Crippen LogP contribution in [0.1, 0.15) is 41.0 Å². The van der Waals surface area contributed by atoms with Crippen molar-refractivity contribution in [1.82, 2.24) is 19.7 Å². The van der Waals surface area contributed by atoms with E-state index in [2.05, 4.69) is 31.1 Å². The normalized spacial score (nSPS) is 17.7. The maximum Gasteiger partial charge on any atom is 0.423 e. The van der Waals surface area contributed by atoms with Crippen LogP contribution in [-0.2, 0) is 0 Å². The quantitative estimate of drug-likeness (QED) is 0.807. The number of piperazine rings is 1. The molecular weight excluding hydrogens is 332 g/mol. The highest BCUT2D eigenvalue weighted by Crippen LogP contribution is 2.29. The number of aromatic nitrogens is 1. The second-order valence-corrected chi connectivity index (χ2v) is 8.92. The molecule has 26 heavy (non-hydrogen) atoms. The summed E-state index contributed by atoms with van der Waals surface area (Å²) in [6, 6.07) is 5.39. The smallest absolute Gasteiger partial charge is 0.423 e. The first kappa shape index (κ1) is 20.2. The Kier molecular flexibility index (Phi) is 5.61. The summed E-state index contributed by atoms with van der Waals surface area (Å²) in [5, 5.41) is 12.4. The predicted molar refractivity (Wildman–Crippen MR) is 102 cm³/mol. The Labute approximate surface area is 155 Å². The van der Waals surface area contributed by atoms with Crippen LogP contribution in [0.4, 0.5) is 15.4 Å². The molecule has 2 N–H and O–H groups in total. The number of hydrogen-bond donors (Lipinski definition) is 2. The average molecular weight is 363 g/mol. The summed E-state index contributed by atoms with van der Waals surface area (Å²) in [6.07, 6.45) is 1.55. The monoisotopic (exact) mass is 363 g/mol. The standard InChI is InChI=1S/C19H30N4O3/c1-18(2,3)14-19(4,5)21-16(24)23(15-8-6-7-9-20-15)12-10-22(11-13-23)17(25)26/h6-9H,10-14H2,1-5H3,(H-,21,24,25,26)/p+1. The summed E-state index contributed by atoms with van der Waals surface area (Å²) in [6.45, 7) is 11.9. The molecule has 0 unspecified atom stereocenters. The molecule has 2 heterocycles. The van der Waals surface area contributed by atoms with Crippen LogP contribution in [0.3, 0.4) is 0 Å². The summed E-state index contributed by atoms with van der Waals surface area (Å²) >= 11 is 0. The van der Waals surface area contributed by atoms with Crippen molar-refractivity contribution in [2.24, 2.45) is 5.41 Å². The van der Waals surface area contributed by atoms with Crippen LogP contribution in [0.5, 0.6) is 0 Å². The van der Waals surface area contributed by atoms with Crippen molar-refractivity contribution in [1.29, 1.82) is 0 Å². The molecule has 1 aromatic rings. The van der Waals surface area contributed by atoms with Gasteiger partial charge in [0.1, 0.15) is 13.1 Å². The van der Waals surface area contributed by atoms with Gasteiger partial charge in [-0.15, -0.1) is 0 Å². The van der Waals surface area contributed by atoms with Crippen LogP contribution in [-0.4, -0.2) is 58.8 Å². The van der Waals surface area contributed by atoms with Gasteiger partial charge in [0.2, 0.25) is 5.82 Å². The van der Waals surface area contributed by atoms with E-state index in [1.807, 2.05) is 32.0 Å². The molecule has 7 heteroatoms. The molecule has 7 nitrogen and oxygen atoms in total. The number of carbonyl (C=O) groups is 2. The highest BCUT2D eigenvalue weighted by molar-refractivity contribution is 5.87. The van der Waals surface area contributed by atoms with Crippen molar-refractivity contribution in [3.8, 4) is 0 Å². The van der Waals surface area contributed by atoms with Gasteiger partial charge < -0.3 is 10.4 Å². The molecule has 1 aliphatic rings. The molecule has 0 bridgehead atoms. The first-order valence-electron chi connectivity index (χ1n) is 9.05. The minimum atomic E-state index is -0.947. The highest BCUT2D eigenvalue weighted by Gasteiger charge is 2.46. The van der Waals surface area contributed by atoms with Crippen molar-refractivity contribution >= 4 is 17.9 Å². The predicted octanol–water partition coefficient (Wildman–Crippen LogP) is 3.31. The van der Waals surface area contributed by atoms with Gasteiger partial charge in [-0.05, 0) is 31.7 Å². The third-order valence-electron chi connectivity index (χ3n) is 4.67. The Balaban J connectivity index is 2.28. The van der Waals surface area contributed by atoms with E-state index in [4.69, 9.17) is 0 Å². The number of quaternary nitrogens is 1. The number of hydrogen-bond acceptors (Lipinski definition) is 3. The fourth-order valence-corrected chi connectivity index (χ4v) is 3.91. The Morgan fingerprint density at radius 1 is 1.19 bits per heavy atom. The summed E-state index contributed by atoms with van der Waals surface area (Å²) in [5.41, 5.74) is -0.298. The van der Waals surface area contributed by atoms with Crippen LogP contribution < -0.4 is 9.80 Å². The fourth-order valence-electron chi connectivity index (χ4n) is 3.91. The van der Waals surface area contributed by atoms with E-state index in [-0.39, 0.29) is 21.5 Å². The summed E-state index contributed by atoms with van der Waals surface area (Å²) in [4.78, 5) is 30.4. The molecule has 2 rings (SSSR count). The Bertz CT molecular complexity index is 644. The summed E-state index contributed by atoms with van der Waals surface area (Å²) in [5.74, 6) is 0.654. The molecule has 1 aromatic heterocycles. The van der Waals surface area contributed by atoms with Crippen LogP contribution in [0, 0.1) is 5.41 Å². The molecule has 3 amide bonds. The number of pyridine rings is 1. The van der Waals surface area contributed by atoms with Crippen LogP contribution in [0.2, 0.25) is 0 Å². The third-order valence-corrected chi connectivity index (χ3v) is 4.67. The van der Waals surface area contributed by atoms with Crippen LogP contribution >= 0.6 is 0 Å². The van der Waals surface area contributed by atoms with E-state index in [0.29, 0.717) is 32.0 Å². The Morgan fingerprint density at radius 3 is 2.27 bits per heavy atom. The van der Waals surface area contributed by atoms with Gasteiger partial charge in [0.25, 0.3) is 0 Å². The number of amides is 3. The Hall–Kier alpha value is -2.15. The molecule has 1 saturated heterocycles. The lowest BCUT2D eigenvalue weighted by Crippen LogP contribution is -2.69. The molecule has 1 aliphatic heterocycles. The van der Waals surface area contributed by atoms with Gasteiger partial charge in [0.15, 0.2) is 0 Å². The number of rotatable bonds is 3. The zero-order valence-electron chi connectivity index (χ0n) is 16.5. The van der Waals surface area contributed by atoms with Crippen LogP contribution in [0.25, 0.3) is 0 Å². The zero-order chi connectivity index (χ0) is 19.6. The van der Waals surface area contributed by atoms with Gasteiger partial charge in [-0.2, -0.15) is 4.48 Å². The lowest BCUT2D eigenvalue weighted by molar-refractivity contribution is 0.108. The lowest BCUT2D eigenvalue weighted by atomic mass is 9.82. The van der Waals surface area contributed by atoms with E-state index >= 15 is 0 Å². The van der Waals surface area contributed by atoms with Gasteiger partial charge in [0.05, 0.1) is 13.1 Å². The first-order chi connectivity index (χ1) is 12.0. The first-order valence-corrected chi connectivity index (χ1v) is 9.05. The molecule has 0 aromatic carbocycles. The number of nitrogens with zero attached hydrogens (tertiary/aromatic N) is 3. The minimum Gasteiger partial charge on any atom is -0.465 e. The van der Waals surface area contributed by atoms with E-state index in [0.717, 1.165) is 6.42 Å². The van der Waals surface area contributed by atoms with Gasteiger partial charge in [0, 0.05) is 17.8 Å². The van der Waals surface area contributed by atoms with Gasteiger partial charge in [-0.25, -0.2) is 14.6 Å². The fraction of sp³-hybridized carbons (Fsp3) is 0.632. The van der Waals surface area contributed by atoms with Gasteiger partial charge >= 0.3 is 12.1 Å². The van der Waals surface area contributed by atoms with Gasteiger partial charge in [-0.3, -0.25) is 4.90 Å². The second-order valence-electron chi connectivity index (χ2n) is 8.92. The molecular formula is C19H31N4O3+. The zero-order valence-corrected chi connectivity index (χ0v) is 16.5. The van der Waals surface area contributed by atoms with E-state index in [1.54, 1.807) is 6.20 Å². The van der Waals surface area contributed by atoms with Crippen molar-refractivity contribution in [3.05, 3.63) is 24.4 Å². The molecule has 144 valence electrons. The number of urea groups is 1. The molecule has 0 spiro atoms. The number of carboxylic acid groups (broad SMARTS) is 1. The van der Waals surface area contributed by atoms with Gasteiger partial charge in [-0.1, -0.05) is 26.8 Å².